The molecule has 2 aliphatic rings. The first kappa shape index (κ1) is 21.0. The lowest BCUT2D eigenvalue weighted by Gasteiger charge is -2.27. The van der Waals surface area contributed by atoms with Gasteiger partial charge in [0, 0.05) is 30.8 Å². The van der Waals surface area contributed by atoms with Gasteiger partial charge in [0.2, 0.25) is 5.91 Å². The molecule has 2 aliphatic heterocycles. The van der Waals surface area contributed by atoms with Gasteiger partial charge in [-0.2, -0.15) is 5.10 Å². The Morgan fingerprint density at radius 3 is 2.81 bits per heavy atom. The van der Waals surface area contributed by atoms with Crippen LogP contribution in [0.15, 0.2) is 53.8 Å². The number of aromatic nitrogens is 1. The number of ether oxygens (including phenoxy) is 1. The van der Waals surface area contributed by atoms with Gasteiger partial charge in [-0.3, -0.25) is 14.6 Å². The zero-order valence-corrected chi connectivity index (χ0v) is 17.5. The summed E-state index contributed by atoms with van der Waals surface area (Å²) < 4.78 is 29.2. The zero-order chi connectivity index (χ0) is 21.8. The van der Waals surface area contributed by atoms with E-state index < -0.39 is 21.8 Å². The number of hydrogen-bond acceptors (Lipinski definition) is 7. The summed E-state index contributed by atoms with van der Waals surface area (Å²) in [7, 11) is -3.17. The van der Waals surface area contributed by atoms with E-state index in [0.717, 1.165) is 5.69 Å². The number of nitrogens with one attached hydrogen (secondary N) is 1. The summed E-state index contributed by atoms with van der Waals surface area (Å²) in [5.74, 6) is -0.206. The van der Waals surface area contributed by atoms with Crippen LogP contribution in [0.5, 0.6) is 5.75 Å². The van der Waals surface area contributed by atoms with Gasteiger partial charge in [0.25, 0.3) is 5.91 Å². The summed E-state index contributed by atoms with van der Waals surface area (Å²) in [5.41, 5.74) is 1.51. The fourth-order valence-electron chi connectivity index (χ4n) is 3.50. The second kappa shape index (κ2) is 8.84. The predicted molar refractivity (Wildman–Crippen MR) is 114 cm³/mol. The van der Waals surface area contributed by atoms with Crippen molar-refractivity contribution in [1.82, 2.24) is 9.99 Å². The Kier molecular flexibility index (Phi) is 5.99. The molecule has 1 aromatic heterocycles. The van der Waals surface area contributed by atoms with E-state index >= 15 is 0 Å². The van der Waals surface area contributed by atoms with Gasteiger partial charge in [-0.25, -0.2) is 13.4 Å². The van der Waals surface area contributed by atoms with Crippen molar-refractivity contribution in [2.75, 3.05) is 16.8 Å². The molecule has 31 heavy (non-hydrogen) atoms. The second-order valence-corrected chi connectivity index (χ2v) is 9.66. The Labute approximate surface area is 180 Å². The van der Waals surface area contributed by atoms with Crippen LogP contribution in [0.2, 0.25) is 0 Å². The number of carbonyl (C=O) groups excluding carboxylic acids is 2. The maximum atomic E-state index is 12.7. The number of hydrogen-bond donors (Lipinski definition) is 1. The Morgan fingerprint density at radius 2 is 2.06 bits per heavy atom. The number of anilines is 1. The lowest BCUT2D eigenvalue weighted by atomic mass is 10.1. The molecule has 0 bridgehead atoms. The van der Waals surface area contributed by atoms with Gasteiger partial charge in [-0.15, -0.1) is 0 Å². The van der Waals surface area contributed by atoms with Crippen LogP contribution in [0.3, 0.4) is 0 Å². The molecular weight excluding hydrogens is 420 g/mol. The molecule has 1 N–H and O–H groups in total. The number of amides is 2. The minimum atomic E-state index is -3.17. The number of hydrazone groups is 1. The van der Waals surface area contributed by atoms with Crippen LogP contribution < -0.4 is 10.1 Å². The molecule has 1 aromatic carbocycles. The van der Waals surface area contributed by atoms with Crippen LogP contribution in [0.25, 0.3) is 0 Å². The van der Waals surface area contributed by atoms with Crippen LogP contribution in [-0.4, -0.2) is 53.5 Å². The molecule has 2 aromatic rings. The summed E-state index contributed by atoms with van der Waals surface area (Å²) in [6, 6.07) is 12.0. The van der Waals surface area contributed by atoms with E-state index in [1.165, 1.54) is 5.01 Å². The monoisotopic (exact) mass is 442 g/mol. The fraction of sp³-hybridized carbons (Fsp3) is 0.333. The van der Waals surface area contributed by atoms with Gasteiger partial charge in [-0.05, 0) is 30.7 Å². The Balaban J connectivity index is 1.41. The molecule has 9 nitrogen and oxygen atoms in total. The summed E-state index contributed by atoms with van der Waals surface area (Å²) in [6.07, 6.45) is 2.35. The van der Waals surface area contributed by atoms with Crippen LogP contribution in [0, 0.1) is 0 Å². The molecule has 1 fully saturated rings. The average Bonchev–Trinajstić information content (AvgIpc) is 3.13. The number of benzene rings is 1. The van der Waals surface area contributed by atoms with E-state index in [2.05, 4.69) is 15.4 Å². The van der Waals surface area contributed by atoms with E-state index in [9.17, 15) is 18.0 Å². The highest BCUT2D eigenvalue weighted by molar-refractivity contribution is 7.91. The van der Waals surface area contributed by atoms with Crippen molar-refractivity contribution >= 4 is 33.1 Å². The Bertz CT molecular complexity index is 1120. The lowest BCUT2D eigenvalue weighted by Crippen LogP contribution is -2.42. The minimum absolute atomic E-state index is 0.0315. The Hall–Kier alpha value is -3.27. The maximum absolute atomic E-state index is 12.7. The molecule has 3 heterocycles. The highest BCUT2D eigenvalue weighted by Gasteiger charge is 2.37. The number of pyridine rings is 1. The van der Waals surface area contributed by atoms with Crippen molar-refractivity contribution in [2.24, 2.45) is 5.10 Å². The number of rotatable bonds is 6. The highest BCUT2D eigenvalue weighted by atomic mass is 32.2. The van der Waals surface area contributed by atoms with Gasteiger partial charge < -0.3 is 10.1 Å². The van der Waals surface area contributed by atoms with Crippen LogP contribution in [-0.2, 0) is 26.0 Å². The molecule has 4 rings (SSSR count). The van der Waals surface area contributed by atoms with Crippen LogP contribution >= 0.6 is 0 Å². The molecule has 1 saturated heterocycles. The van der Waals surface area contributed by atoms with Crippen LogP contribution in [0.1, 0.15) is 25.0 Å². The topological polar surface area (TPSA) is 118 Å². The van der Waals surface area contributed by atoms with Gasteiger partial charge in [0.15, 0.2) is 9.84 Å². The molecule has 1 unspecified atom stereocenters. The minimum Gasteiger partial charge on any atom is -0.487 e. The molecular formula is C21H22N4O5S. The van der Waals surface area contributed by atoms with Gasteiger partial charge >= 0.3 is 0 Å². The lowest BCUT2D eigenvalue weighted by molar-refractivity contribution is -0.133. The average molecular weight is 442 g/mol. The van der Waals surface area contributed by atoms with Crippen molar-refractivity contribution in [2.45, 2.75) is 31.9 Å². The molecule has 0 spiro atoms. The third-order valence-corrected chi connectivity index (χ3v) is 6.83. The molecule has 1 atom stereocenters. The largest absolute Gasteiger partial charge is 0.487 e. The summed E-state index contributed by atoms with van der Waals surface area (Å²) in [5, 5.41) is 8.14. The van der Waals surface area contributed by atoms with Gasteiger partial charge in [0.1, 0.15) is 18.1 Å². The van der Waals surface area contributed by atoms with E-state index in [1.807, 2.05) is 18.2 Å². The molecule has 0 aliphatic carbocycles. The maximum Gasteiger partial charge on any atom is 0.271 e. The number of sulfone groups is 1. The van der Waals surface area contributed by atoms with Crippen molar-refractivity contribution < 1.29 is 22.7 Å². The summed E-state index contributed by atoms with van der Waals surface area (Å²) in [6.45, 7) is 0.298. The van der Waals surface area contributed by atoms with Crippen LogP contribution in [0.4, 0.5) is 5.69 Å². The molecule has 0 radical (unpaired) electrons. The quantitative estimate of drug-likeness (QED) is 0.728. The number of carbonyl (C=O) groups is 2. The third kappa shape index (κ3) is 5.26. The van der Waals surface area contributed by atoms with E-state index in [4.69, 9.17) is 4.74 Å². The highest BCUT2D eigenvalue weighted by Crippen LogP contribution is 2.23. The standard InChI is InChI=1S/C21H22N4O5S/c26-20-8-7-19(24-25(20)17-9-11-31(28,29)14-17)21(27)23-15-5-3-6-18(12-15)30-13-16-4-1-2-10-22-16/h1-6,10,12,17H,7-9,11,13-14H2,(H,23,27). The first-order chi connectivity index (χ1) is 14.9. The third-order valence-electron chi connectivity index (χ3n) is 5.08. The SMILES string of the molecule is O=C(Nc1cccc(OCc2ccccn2)c1)C1=NN(C2CCS(=O)(=O)C2)C(=O)CC1. The molecule has 162 valence electrons. The normalized spacial score (nSPS) is 20.3. The Morgan fingerprint density at radius 1 is 1.19 bits per heavy atom. The molecule has 2 amide bonds. The van der Waals surface area contributed by atoms with Gasteiger partial charge in [-0.1, -0.05) is 12.1 Å². The smallest absolute Gasteiger partial charge is 0.271 e. The zero-order valence-electron chi connectivity index (χ0n) is 16.7. The van der Waals surface area contributed by atoms with Crippen molar-refractivity contribution in [1.29, 1.82) is 0 Å². The molecule has 10 heteroatoms. The van der Waals surface area contributed by atoms with E-state index in [0.29, 0.717) is 24.5 Å². The second-order valence-electron chi connectivity index (χ2n) is 7.43. The summed E-state index contributed by atoms with van der Waals surface area (Å²) >= 11 is 0. The first-order valence-corrected chi connectivity index (χ1v) is 11.8. The van der Waals surface area contributed by atoms with Crippen molar-refractivity contribution in [3.63, 3.8) is 0 Å². The number of nitrogens with zero attached hydrogens (tertiary/aromatic N) is 3. The molecule has 0 saturated carbocycles. The fourth-order valence-corrected chi connectivity index (χ4v) is 5.19. The van der Waals surface area contributed by atoms with Crippen molar-refractivity contribution in [3.05, 3.63) is 54.4 Å². The van der Waals surface area contributed by atoms with E-state index in [1.54, 1.807) is 30.5 Å². The summed E-state index contributed by atoms with van der Waals surface area (Å²) in [4.78, 5) is 29.1. The first-order valence-electron chi connectivity index (χ1n) is 9.94. The van der Waals surface area contributed by atoms with Crippen molar-refractivity contribution in [3.8, 4) is 5.75 Å². The predicted octanol–water partition coefficient (Wildman–Crippen LogP) is 1.76. The van der Waals surface area contributed by atoms with Gasteiger partial charge in [0.05, 0.1) is 23.2 Å². The van der Waals surface area contributed by atoms with E-state index in [-0.39, 0.29) is 36.0 Å².